The molecule has 1 aromatic carbocycles. The predicted octanol–water partition coefficient (Wildman–Crippen LogP) is 3.92. The first-order valence-electron chi connectivity index (χ1n) is 7.22. The van der Waals surface area contributed by atoms with Gasteiger partial charge in [0.15, 0.2) is 5.82 Å². The second kappa shape index (κ2) is 6.81. The van der Waals surface area contributed by atoms with E-state index in [0.29, 0.717) is 24.1 Å². The van der Waals surface area contributed by atoms with Crippen LogP contribution in [0.4, 0.5) is 0 Å². The molecule has 112 valence electrons. The molecule has 0 fully saturated rings. The van der Waals surface area contributed by atoms with E-state index in [2.05, 4.69) is 9.97 Å². The summed E-state index contributed by atoms with van der Waals surface area (Å²) >= 11 is 6.11. The molecule has 5 heteroatoms. The number of halogens is 1. The zero-order chi connectivity index (χ0) is 15.4. The van der Waals surface area contributed by atoms with Crippen LogP contribution in [0.5, 0.6) is 0 Å². The highest BCUT2D eigenvalue weighted by Gasteiger charge is 2.10. The first-order valence-corrected chi connectivity index (χ1v) is 7.60. The van der Waals surface area contributed by atoms with Crippen LogP contribution in [-0.4, -0.2) is 28.2 Å². The molecule has 0 aliphatic carbocycles. The van der Waals surface area contributed by atoms with Crippen LogP contribution in [0.2, 0.25) is 5.02 Å². The molecule has 0 saturated heterocycles. The number of benzene rings is 1. The van der Waals surface area contributed by atoms with Gasteiger partial charge in [-0.1, -0.05) is 11.6 Å². The Morgan fingerprint density at radius 3 is 2.86 bits per heavy atom. The lowest BCUT2D eigenvalue weighted by Gasteiger charge is -2.09. The van der Waals surface area contributed by atoms with Gasteiger partial charge in [0.05, 0.1) is 17.8 Å². The Bertz CT molecular complexity index is 777. The van der Waals surface area contributed by atoms with Gasteiger partial charge in [0, 0.05) is 41.4 Å². The molecule has 22 heavy (non-hydrogen) atoms. The van der Waals surface area contributed by atoms with Crippen molar-refractivity contribution in [1.82, 2.24) is 15.0 Å². The topological polar surface area (TPSA) is 47.9 Å². The Balaban J connectivity index is 2.09. The summed E-state index contributed by atoms with van der Waals surface area (Å²) in [6, 6.07) is 9.51. The number of fused-ring (bicyclic) bond motifs is 1. The van der Waals surface area contributed by atoms with E-state index in [4.69, 9.17) is 21.3 Å². The smallest absolute Gasteiger partial charge is 0.161 e. The third-order valence-electron chi connectivity index (χ3n) is 3.34. The van der Waals surface area contributed by atoms with Crippen LogP contribution in [0.25, 0.3) is 22.3 Å². The van der Waals surface area contributed by atoms with Crippen LogP contribution >= 0.6 is 11.6 Å². The van der Waals surface area contributed by atoms with Crippen LogP contribution in [-0.2, 0) is 11.2 Å². The van der Waals surface area contributed by atoms with Gasteiger partial charge in [-0.25, -0.2) is 9.97 Å². The van der Waals surface area contributed by atoms with Gasteiger partial charge in [0.1, 0.15) is 0 Å². The molecule has 0 radical (unpaired) electrons. The van der Waals surface area contributed by atoms with Gasteiger partial charge in [-0.3, -0.25) is 4.98 Å². The number of hydrogen-bond donors (Lipinski definition) is 0. The summed E-state index contributed by atoms with van der Waals surface area (Å²) in [6.07, 6.45) is 4.23. The molecule has 0 saturated carbocycles. The van der Waals surface area contributed by atoms with Crippen LogP contribution < -0.4 is 0 Å². The van der Waals surface area contributed by atoms with Crippen molar-refractivity contribution < 1.29 is 4.74 Å². The van der Waals surface area contributed by atoms with E-state index < -0.39 is 0 Å². The van der Waals surface area contributed by atoms with Crippen molar-refractivity contribution in [3.63, 3.8) is 0 Å². The fourth-order valence-corrected chi connectivity index (χ4v) is 2.46. The zero-order valence-corrected chi connectivity index (χ0v) is 13.0. The van der Waals surface area contributed by atoms with Crippen molar-refractivity contribution in [3.05, 3.63) is 53.4 Å². The van der Waals surface area contributed by atoms with Gasteiger partial charge >= 0.3 is 0 Å². The quantitative estimate of drug-likeness (QED) is 0.670. The maximum atomic E-state index is 6.11. The SMILES string of the molecule is CCOCCc1nc(-c2cccnc2)nc2ccc(Cl)cc12. The molecular formula is C17H16ClN3O. The average molecular weight is 314 g/mol. The minimum absolute atomic E-state index is 0.627. The Kier molecular flexibility index (Phi) is 4.61. The van der Waals surface area contributed by atoms with Gasteiger partial charge in [0.2, 0.25) is 0 Å². The van der Waals surface area contributed by atoms with E-state index in [-0.39, 0.29) is 0 Å². The summed E-state index contributed by atoms with van der Waals surface area (Å²) in [7, 11) is 0. The fraction of sp³-hybridized carbons (Fsp3) is 0.235. The first-order chi connectivity index (χ1) is 10.8. The molecule has 0 atom stereocenters. The maximum Gasteiger partial charge on any atom is 0.161 e. The highest BCUT2D eigenvalue weighted by Crippen LogP contribution is 2.24. The number of aromatic nitrogens is 3. The fourth-order valence-electron chi connectivity index (χ4n) is 2.29. The molecule has 0 bridgehead atoms. The number of pyridine rings is 1. The molecule has 4 nitrogen and oxygen atoms in total. The molecule has 2 heterocycles. The van der Waals surface area contributed by atoms with Crippen molar-refractivity contribution >= 4 is 22.5 Å². The van der Waals surface area contributed by atoms with E-state index in [1.807, 2.05) is 37.3 Å². The third-order valence-corrected chi connectivity index (χ3v) is 3.58. The van der Waals surface area contributed by atoms with E-state index in [1.165, 1.54) is 0 Å². The summed E-state index contributed by atoms with van der Waals surface area (Å²) in [4.78, 5) is 13.5. The van der Waals surface area contributed by atoms with Crippen molar-refractivity contribution in [1.29, 1.82) is 0 Å². The molecule has 0 aliphatic rings. The second-order valence-electron chi connectivity index (χ2n) is 4.84. The molecule has 0 unspecified atom stereocenters. The number of hydrogen-bond acceptors (Lipinski definition) is 4. The van der Waals surface area contributed by atoms with Gasteiger partial charge in [-0.05, 0) is 37.3 Å². The van der Waals surface area contributed by atoms with Crippen molar-refractivity contribution in [2.24, 2.45) is 0 Å². The summed E-state index contributed by atoms with van der Waals surface area (Å²) in [6.45, 7) is 3.30. The van der Waals surface area contributed by atoms with Gasteiger partial charge in [-0.15, -0.1) is 0 Å². The van der Waals surface area contributed by atoms with Crippen molar-refractivity contribution in [3.8, 4) is 11.4 Å². The standard InChI is InChI=1S/C17H16ClN3O/c1-2-22-9-7-16-14-10-13(18)5-6-15(14)20-17(21-16)12-4-3-8-19-11-12/h3-6,8,10-11H,2,7,9H2,1H3. The Labute approximate surface area is 134 Å². The molecule has 2 aromatic heterocycles. The van der Waals surface area contributed by atoms with Gasteiger partial charge in [0.25, 0.3) is 0 Å². The Morgan fingerprint density at radius 2 is 2.09 bits per heavy atom. The van der Waals surface area contributed by atoms with E-state index in [0.717, 1.165) is 28.6 Å². The monoisotopic (exact) mass is 313 g/mol. The summed E-state index contributed by atoms with van der Waals surface area (Å²) in [5.74, 6) is 0.675. The van der Waals surface area contributed by atoms with Crippen LogP contribution in [0.15, 0.2) is 42.7 Å². The third kappa shape index (κ3) is 3.24. The largest absolute Gasteiger partial charge is 0.381 e. The van der Waals surface area contributed by atoms with E-state index in [1.54, 1.807) is 12.4 Å². The number of rotatable bonds is 5. The van der Waals surface area contributed by atoms with Gasteiger partial charge < -0.3 is 4.74 Å². The lowest BCUT2D eigenvalue weighted by atomic mass is 10.1. The van der Waals surface area contributed by atoms with E-state index >= 15 is 0 Å². The minimum Gasteiger partial charge on any atom is -0.381 e. The highest BCUT2D eigenvalue weighted by molar-refractivity contribution is 6.31. The van der Waals surface area contributed by atoms with Crippen LogP contribution in [0, 0.1) is 0 Å². The highest BCUT2D eigenvalue weighted by atomic mass is 35.5. The maximum absolute atomic E-state index is 6.11. The lowest BCUT2D eigenvalue weighted by Crippen LogP contribution is -2.03. The predicted molar refractivity (Wildman–Crippen MR) is 88.0 cm³/mol. The lowest BCUT2D eigenvalue weighted by molar-refractivity contribution is 0.150. The Morgan fingerprint density at radius 1 is 1.18 bits per heavy atom. The summed E-state index contributed by atoms with van der Waals surface area (Å²) < 4.78 is 5.46. The molecule has 0 spiro atoms. The van der Waals surface area contributed by atoms with Crippen LogP contribution in [0.1, 0.15) is 12.6 Å². The minimum atomic E-state index is 0.627. The normalized spacial score (nSPS) is 11.0. The summed E-state index contributed by atoms with van der Waals surface area (Å²) in [5, 5.41) is 1.66. The summed E-state index contributed by atoms with van der Waals surface area (Å²) in [5.41, 5.74) is 2.72. The molecule has 3 rings (SSSR count). The van der Waals surface area contributed by atoms with E-state index in [9.17, 15) is 0 Å². The first kappa shape index (κ1) is 14.9. The van der Waals surface area contributed by atoms with Gasteiger partial charge in [-0.2, -0.15) is 0 Å². The molecular weight excluding hydrogens is 298 g/mol. The molecule has 0 N–H and O–H groups in total. The Hall–Kier alpha value is -2.04. The average Bonchev–Trinajstić information content (AvgIpc) is 2.56. The molecule has 3 aromatic rings. The van der Waals surface area contributed by atoms with Crippen LogP contribution in [0.3, 0.4) is 0 Å². The van der Waals surface area contributed by atoms with Crippen molar-refractivity contribution in [2.45, 2.75) is 13.3 Å². The zero-order valence-electron chi connectivity index (χ0n) is 12.3. The molecule has 0 aliphatic heterocycles. The second-order valence-corrected chi connectivity index (χ2v) is 5.28. The number of nitrogens with zero attached hydrogens (tertiary/aromatic N) is 3. The molecule has 0 amide bonds. The van der Waals surface area contributed by atoms with Crippen molar-refractivity contribution in [2.75, 3.05) is 13.2 Å². The number of ether oxygens (including phenoxy) is 1.